The highest BCUT2D eigenvalue weighted by Crippen LogP contribution is 2.44. The van der Waals surface area contributed by atoms with Crippen molar-refractivity contribution < 1.29 is 45.5 Å². The third-order valence-corrected chi connectivity index (χ3v) is 8.90. The molecule has 0 aromatic heterocycles. The molecule has 0 N–H and O–H groups in total. The molecule has 0 aliphatic carbocycles. The van der Waals surface area contributed by atoms with Crippen molar-refractivity contribution in [2.45, 2.75) is 36.0 Å². The van der Waals surface area contributed by atoms with Gasteiger partial charge in [0.15, 0.2) is 0 Å². The number of nitrogens with zero attached hydrogens (tertiary/aromatic N) is 4. The minimum Gasteiger partial charge on any atom is -0.339 e. The van der Waals surface area contributed by atoms with Gasteiger partial charge in [-0.1, -0.05) is 23.9 Å². The second-order valence-electron chi connectivity index (χ2n) is 10.9. The van der Waals surface area contributed by atoms with Crippen LogP contribution in [-0.2, 0) is 31.5 Å². The summed E-state index contributed by atoms with van der Waals surface area (Å²) in [7, 11) is 0. The van der Waals surface area contributed by atoms with Crippen LogP contribution < -0.4 is 0 Å². The molecule has 0 radical (unpaired) electrons. The van der Waals surface area contributed by atoms with Crippen molar-refractivity contribution in [2.24, 2.45) is 0 Å². The van der Waals surface area contributed by atoms with E-state index in [-0.39, 0.29) is 49.1 Å². The molecule has 0 atom stereocenters. The van der Waals surface area contributed by atoms with Crippen LogP contribution in [0, 0.1) is 0 Å². The van der Waals surface area contributed by atoms with E-state index in [2.05, 4.69) is 0 Å². The minimum atomic E-state index is -4.91. The molecule has 2 aliphatic rings. The molecule has 4 rings (SSSR count). The number of hydrogen-bond donors (Lipinski definition) is 0. The van der Waals surface area contributed by atoms with Gasteiger partial charge in [-0.25, -0.2) is 0 Å². The molecule has 0 unspecified atom stereocenters. The Kier molecular flexibility index (Phi) is 11.1. The van der Waals surface area contributed by atoms with E-state index in [1.165, 1.54) is 47.9 Å². The first-order valence-corrected chi connectivity index (χ1v) is 15.4. The van der Waals surface area contributed by atoms with Gasteiger partial charge in [0.1, 0.15) is 0 Å². The van der Waals surface area contributed by atoms with E-state index in [9.17, 15) is 45.5 Å². The summed E-state index contributed by atoms with van der Waals surface area (Å²) in [6.07, 6.45) is -5.16. The zero-order valence-corrected chi connectivity index (χ0v) is 26.3. The standard InChI is InChI=1S/C32H32F6N4O4S/c1-21(43)39-11-15-41(16-12-39)29(45)9-5-23-3-7-27(25(19-23)31(33,34)35)47-28-8-4-24(20-26(28)32(36,37)38)6-10-30(46)42-17-13-40(14-18-42)22(2)44/h3-10,19-20H,11-18H2,1-2H3/b9-5+,10-6+. The molecule has 2 aliphatic heterocycles. The van der Waals surface area contributed by atoms with Crippen LogP contribution in [0.2, 0.25) is 0 Å². The van der Waals surface area contributed by atoms with E-state index in [1.807, 2.05) is 0 Å². The van der Waals surface area contributed by atoms with E-state index >= 15 is 0 Å². The highest BCUT2D eigenvalue weighted by molar-refractivity contribution is 7.99. The molecule has 15 heteroatoms. The van der Waals surface area contributed by atoms with Crippen molar-refractivity contribution in [3.8, 4) is 0 Å². The van der Waals surface area contributed by atoms with Crippen molar-refractivity contribution in [3.05, 3.63) is 70.8 Å². The Morgan fingerprint density at radius 1 is 0.574 bits per heavy atom. The monoisotopic (exact) mass is 682 g/mol. The van der Waals surface area contributed by atoms with Crippen LogP contribution in [-0.4, -0.2) is 95.6 Å². The van der Waals surface area contributed by atoms with Gasteiger partial charge in [0, 0.05) is 88.1 Å². The molecule has 8 nitrogen and oxygen atoms in total. The third kappa shape index (κ3) is 9.40. The molecule has 0 spiro atoms. The quantitative estimate of drug-likeness (QED) is 0.306. The van der Waals surface area contributed by atoms with E-state index in [0.717, 1.165) is 36.4 Å². The average Bonchev–Trinajstić information content (AvgIpc) is 3.02. The van der Waals surface area contributed by atoms with Crippen LogP contribution in [0.25, 0.3) is 12.2 Å². The van der Waals surface area contributed by atoms with Crippen molar-refractivity contribution >= 4 is 47.5 Å². The largest absolute Gasteiger partial charge is 0.417 e. The van der Waals surface area contributed by atoms with Gasteiger partial charge < -0.3 is 19.6 Å². The number of rotatable bonds is 6. The molecular formula is C32H32F6N4O4S. The molecular weight excluding hydrogens is 650 g/mol. The molecule has 2 fully saturated rings. The summed E-state index contributed by atoms with van der Waals surface area (Å²) in [4.78, 5) is 53.3. The smallest absolute Gasteiger partial charge is 0.339 e. The molecule has 2 heterocycles. The van der Waals surface area contributed by atoms with Crippen LogP contribution in [0.3, 0.4) is 0 Å². The lowest BCUT2D eigenvalue weighted by Gasteiger charge is -2.33. The SMILES string of the molecule is CC(=O)N1CCN(C(=O)/C=C/c2ccc(Sc3ccc(/C=C/C(=O)N4CCN(C(C)=O)CC4)cc3C(F)(F)F)c(C(F)(F)F)c2)CC1. The molecule has 0 bridgehead atoms. The maximum Gasteiger partial charge on any atom is 0.417 e. The van der Waals surface area contributed by atoms with Gasteiger partial charge in [-0.05, 0) is 47.5 Å². The third-order valence-electron chi connectivity index (χ3n) is 7.75. The van der Waals surface area contributed by atoms with Crippen molar-refractivity contribution in [3.63, 3.8) is 0 Å². The number of carbonyl (C=O) groups is 4. The Morgan fingerprint density at radius 3 is 1.19 bits per heavy atom. The number of benzene rings is 2. The first-order chi connectivity index (χ1) is 22.0. The van der Waals surface area contributed by atoms with Crippen LogP contribution in [0.4, 0.5) is 26.3 Å². The molecule has 4 amide bonds. The highest BCUT2D eigenvalue weighted by Gasteiger charge is 2.37. The second kappa shape index (κ2) is 14.7. The Morgan fingerprint density at radius 2 is 0.894 bits per heavy atom. The lowest BCUT2D eigenvalue weighted by Crippen LogP contribution is -2.49. The van der Waals surface area contributed by atoms with Gasteiger partial charge in [-0.3, -0.25) is 19.2 Å². The van der Waals surface area contributed by atoms with Gasteiger partial charge in [-0.2, -0.15) is 26.3 Å². The maximum atomic E-state index is 14.1. The fourth-order valence-electron chi connectivity index (χ4n) is 5.07. The van der Waals surface area contributed by atoms with Gasteiger partial charge in [0.05, 0.1) is 11.1 Å². The topological polar surface area (TPSA) is 81.2 Å². The number of piperazine rings is 2. The minimum absolute atomic E-state index is 0.0290. The lowest BCUT2D eigenvalue weighted by molar-refractivity contribution is -0.140. The predicted octanol–water partition coefficient (Wildman–Crippen LogP) is 5.28. The number of amides is 4. The van der Waals surface area contributed by atoms with Crippen molar-refractivity contribution in [2.75, 3.05) is 52.4 Å². The number of halogens is 6. The zero-order valence-electron chi connectivity index (χ0n) is 25.5. The summed E-state index contributed by atoms with van der Waals surface area (Å²) >= 11 is 0.308. The zero-order chi connectivity index (χ0) is 34.5. The van der Waals surface area contributed by atoms with Crippen LogP contribution in [0.1, 0.15) is 36.1 Å². The number of alkyl halides is 6. The molecule has 2 saturated heterocycles. The molecule has 2 aromatic rings. The molecule has 0 saturated carbocycles. The first kappa shape index (κ1) is 35.6. The number of carbonyl (C=O) groups excluding carboxylic acids is 4. The Balaban J connectivity index is 1.50. The van der Waals surface area contributed by atoms with Crippen molar-refractivity contribution in [1.29, 1.82) is 0 Å². The summed E-state index contributed by atoms with van der Waals surface area (Å²) in [5.41, 5.74) is -2.28. The summed E-state index contributed by atoms with van der Waals surface area (Å²) in [6, 6.07) is 6.21. The van der Waals surface area contributed by atoms with E-state index in [0.29, 0.717) is 37.9 Å². The predicted molar refractivity (Wildman–Crippen MR) is 163 cm³/mol. The van der Waals surface area contributed by atoms with Gasteiger partial charge in [-0.15, -0.1) is 0 Å². The van der Waals surface area contributed by atoms with Gasteiger partial charge in [0.25, 0.3) is 0 Å². The number of hydrogen-bond acceptors (Lipinski definition) is 5. The first-order valence-electron chi connectivity index (χ1n) is 14.6. The molecule has 2 aromatic carbocycles. The van der Waals surface area contributed by atoms with Gasteiger partial charge in [0.2, 0.25) is 23.6 Å². The Bertz CT molecular complexity index is 1460. The van der Waals surface area contributed by atoms with E-state index in [4.69, 9.17) is 0 Å². The lowest BCUT2D eigenvalue weighted by atomic mass is 10.1. The normalized spacial score (nSPS) is 16.3. The van der Waals surface area contributed by atoms with E-state index in [1.54, 1.807) is 9.80 Å². The Hall–Kier alpha value is -4.27. The van der Waals surface area contributed by atoms with Crippen molar-refractivity contribution in [1.82, 2.24) is 19.6 Å². The van der Waals surface area contributed by atoms with Gasteiger partial charge >= 0.3 is 12.4 Å². The highest BCUT2D eigenvalue weighted by atomic mass is 32.2. The molecule has 47 heavy (non-hydrogen) atoms. The second-order valence-corrected chi connectivity index (χ2v) is 12.0. The van der Waals surface area contributed by atoms with E-state index < -0.39 is 45.1 Å². The summed E-state index contributed by atoms with van der Waals surface area (Å²) in [5.74, 6) is -1.13. The summed E-state index contributed by atoms with van der Waals surface area (Å²) < 4.78 is 84.5. The van der Waals surface area contributed by atoms with Crippen LogP contribution in [0.15, 0.2) is 58.3 Å². The molecule has 252 valence electrons. The van der Waals surface area contributed by atoms with Crippen LogP contribution >= 0.6 is 11.8 Å². The maximum absolute atomic E-state index is 14.1. The fourth-order valence-corrected chi connectivity index (χ4v) is 6.15. The summed E-state index contributed by atoms with van der Waals surface area (Å²) in [5, 5.41) is 0. The van der Waals surface area contributed by atoms with Crippen LogP contribution in [0.5, 0.6) is 0 Å². The Labute approximate surface area is 271 Å². The fraction of sp³-hybridized carbons (Fsp3) is 0.375. The average molecular weight is 683 g/mol. The summed E-state index contributed by atoms with van der Waals surface area (Å²) in [6.45, 7) is 5.31.